The van der Waals surface area contributed by atoms with Gasteiger partial charge in [0.05, 0.1) is 19.2 Å². The van der Waals surface area contributed by atoms with Gasteiger partial charge in [-0.15, -0.1) is 0 Å². The van der Waals surface area contributed by atoms with Crippen LogP contribution in [0.3, 0.4) is 0 Å². The lowest BCUT2D eigenvalue weighted by Crippen LogP contribution is -2.32. The van der Waals surface area contributed by atoms with Crippen molar-refractivity contribution >= 4 is 6.09 Å². The highest BCUT2D eigenvalue weighted by Gasteiger charge is 2.34. The Kier molecular flexibility index (Phi) is 3.61. The van der Waals surface area contributed by atoms with E-state index in [-0.39, 0.29) is 25.1 Å². The number of hydrogen-bond donors (Lipinski definition) is 1. The molecule has 8 heteroatoms. The second kappa shape index (κ2) is 5.57. The van der Waals surface area contributed by atoms with Crippen molar-refractivity contribution in [2.24, 2.45) is 0 Å². The van der Waals surface area contributed by atoms with E-state index in [4.69, 9.17) is 18.8 Å². The lowest BCUT2D eigenvalue weighted by Gasteiger charge is -2.18. The summed E-state index contributed by atoms with van der Waals surface area (Å²) < 4.78 is 15.0. The summed E-state index contributed by atoms with van der Waals surface area (Å²) in [7, 11) is 1.35. The summed E-state index contributed by atoms with van der Waals surface area (Å²) in [5, 5.41) is 12.8. The predicted octanol–water partition coefficient (Wildman–Crippen LogP) is 1.55. The zero-order chi connectivity index (χ0) is 14.8. The van der Waals surface area contributed by atoms with Crippen LogP contribution < -0.4 is 0 Å². The Labute approximate surface area is 120 Å². The number of amides is 1. The molecular formula is C13H15N3O5. The molecule has 0 aliphatic heterocycles. The van der Waals surface area contributed by atoms with Gasteiger partial charge in [0.15, 0.2) is 5.82 Å². The van der Waals surface area contributed by atoms with Crippen LogP contribution >= 0.6 is 0 Å². The second-order valence-corrected chi connectivity index (χ2v) is 4.80. The summed E-state index contributed by atoms with van der Waals surface area (Å²) in [6.45, 7) is 0.0460. The van der Waals surface area contributed by atoms with Crippen molar-refractivity contribution in [3.8, 4) is 11.5 Å². The number of ether oxygens (including phenoxy) is 1. The van der Waals surface area contributed by atoms with Crippen LogP contribution in [0.2, 0.25) is 0 Å². The molecule has 0 atom stereocenters. The Balaban J connectivity index is 1.73. The van der Waals surface area contributed by atoms with Crippen LogP contribution in [0.5, 0.6) is 0 Å². The molecule has 112 valence electrons. The van der Waals surface area contributed by atoms with E-state index in [0.29, 0.717) is 17.1 Å². The van der Waals surface area contributed by atoms with Crippen LogP contribution in [0.25, 0.3) is 11.5 Å². The van der Waals surface area contributed by atoms with Gasteiger partial charge < -0.3 is 18.8 Å². The van der Waals surface area contributed by atoms with Crippen LogP contribution in [0.1, 0.15) is 24.4 Å². The quantitative estimate of drug-likeness (QED) is 0.892. The average molecular weight is 293 g/mol. The van der Waals surface area contributed by atoms with Crippen molar-refractivity contribution in [3.63, 3.8) is 0 Å². The first-order valence-corrected chi connectivity index (χ1v) is 6.57. The standard InChI is InChI=1S/C13H15N3O5/c1-19-13(18)16(9-2-3-9)5-11-14-12(21-15-11)8-4-10(6-17)20-7-8/h4,7,9,17H,2-3,5-6H2,1H3. The maximum Gasteiger partial charge on any atom is 0.410 e. The third-order valence-corrected chi connectivity index (χ3v) is 3.23. The molecule has 1 aliphatic carbocycles. The lowest BCUT2D eigenvalue weighted by atomic mass is 10.3. The summed E-state index contributed by atoms with van der Waals surface area (Å²) >= 11 is 0. The van der Waals surface area contributed by atoms with Gasteiger partial charge in [-0.2, -0.15) is 4.98 Å². The molecule has 0 spiro atoms. The van der Waals surface area contributed by atoms with Crippen molar-refractivity contribution in [1.82, 2.24) is 15.0 Å². The first kappa shape index (κ1) is 13.6. The van der Waals surface area contributed by atoms with E-state index in [0.717, 1.165) is 12.8 Å². The number of carbonyl (C=O) groups is 1. The number of aromatic nitrogens is 2. The highest BCUT2D eigenvalue weighted by molar-refractivity contribution is 5.68. The van der Waals surface area contributed by atoms with E-state index < -0.39 is 6.09 Å². The minimum atomic E-state index is -0.394. The molecule has 2 aromatic rings. The molecule has 0 unspecified atom stereocenters. The van der Waals surface area contributed by atoms with Crippen LogP contribution in [0.15, 0.2) is 21.3 Å². The lowest BCUT2D eigenvalue weighted by molar-refractivity contribution is 0.116. The number of methoxy groups -OCH3 is 1. The van der Waals surface area contributed by atoms with Gasteiger partial charge in [-0.25, -0.2) is 4.79 Å². The van der Waals surface area contributed by atoms with E-state index >= 15 is 0 Å². The molecule has 2 aromatic heterocycles. The van der Waals surface area contributed by atoms with Gasteiger partial charge in [-0.05, 0) is 18.9 Å². The molecule has 8 nitrogen and oxygen atoms in total. The van der Waals surface area contributed by atoms with Gasteiger partial charge >= 0.3 is 6.09 Å². The minimum absolute atomic E-state index is 0.189. The van der Waals surface area contributed by atoms with E-state index in [1.165, 1.54) is 13.4 Å². The number of hydrogen-bond acceptors (Lipinski definition) is 7. The summed E-state index contributed by atoms with van der Waals surface area (Å²) in [5.41, 5.74) is 0.592. The van der Waals surface area contributed by atoms with E-state index in [2.05, 4.69) is 10.1 Å². The molecule has 0 aromatic carbocycles. The largest absolute Gasteiger partial charge is 0.466 e. The van der Waals surface area contributed by atoms with Crippen molar-refractivity contribution in [1.29, 1.82) is 0 Å². The molecule has 2 heterocycles. The first-order chi connectivity index (χ1) is 10.2. The molecule has 3 rings (SSSR count). The van der Waals surface area contributed by atoms with Crippen molar-refractivity contribution in [2.75, 3.05) is 7.11 Å². The molecule has 1 amide bonds. The summed E-state index contributed by atoms with van der Waals surface area (Å²) in [5.74, 6) is 1.10. The Hall–Kier alpha value is -2.35. The molecule has 0 bridgehead atoms. The summed E-state index contributed by atoms with van der Waals surface area (Å²) in [6, 6.07) is 1.81. The smallest absolute Gasteiger partial charge is 0.410 e. The van der Waals surface area contributed by atoms with E-state index in [1.54, 1.807) is 11.0 Å². The van der Waals surface area contributed by atoms with Crippen LogP contribution in [-0.2, 0) is 17.9 Å². The molecule has 1 N–H and O–H groups in total. The molecule has 1 aliphatic rings. The highest BCUT2D eigenvalue weighted by atomic mass is 16.5. The Morgan fingerprint density at radius 1 is 1.57 bits per heavy atom. The fraction of sp³-hybridized carbons (Fsp3) is 0.462. The van der Waals surface area contributed by atoms with Gasteiger partial charge in [-0.1, -0.05) is 5.16 Å². The number of aliphatic hydroxyl groups is 1. The Bertz CT molecular complexity index is 631. The van der Waals surface area contributed by atoms with Crippen LogP contribution in [0, 0.1) is 0 Å². The van der Waals surface area contributed by atoms with Crippen LogP contribution in [-0.4, -0.2) is 39.4 Å². The molecule has 0 radical (unpaired) electrons. The molecule has 1 saturated carbocycles. The Morgan fingerprint density at radius 2 is 2.38 bits per heavy atom. The number of furan rings is 1. The zero-order valence-electron chi connectivity index (χ0n) is 11.5. The molecule has 21 heavy (non-hydrogen) atoms. The number of carbonyl (C=O) groups excluding carboxylic acids is 1. The van der Waals surface area contributed by atoms with Gasteiger partial charge in [0, 0.05) is 6.04 Å². The minimum Gasteiger partial charge on any atom is -0.466 e. The highest BCUT2D eigenvalue weighted by Crippen LogP contribution is 2.29. The number of aliphatic hydroxyl groups excluding tert-OH is 1. The molecular weight excluding hydrogens is 278 g/mol. The SMILES string of the molecule is COC(=O)N(Cc1noc(-c2coc(CO)c2)n1)C1CC1. The normalized spacial score (nSPS) is 14.2. The topological polar surface area (TPSA) is 102 Å². The van der Waals surface area contributed by atoms with Crippen molar-refractivity contribution in [3.05, 3.63) is 23.9 Å². The fourth-order valence-electron chi connectivity index (χ4n) is 2.01. The third-order valence-electron chi connectivity index (χ3n) is 3.23. The van der Waals surface area contributed by atoms with Crippen molar-refractivity contribution < 1.29 is 23.6 Å². The van der Waals surface area contributed by atoms with Gasteiger partial charge in [0.1, 0.15) is 18.6 Å². The third kappa shape index (κ3) is 2.89. The van der Waals surface area contributed by atoms with E-state index in [1.807, 2.05) is 0 Å². The van der Waals surface area contributed by atoms with Crippen LogP contribution in [0.4, 0.5) is 4.79 Å². The second-order valence-electron chi connectivity index (χ2n) is 4.80. The first-order valence-electron chi connectivity index (χ1n) is 6.57. The van der Waals surface area contributed by atoms with Gasteiger partial charge in [-0.3, -0.25) is 4.90 Å². The predicted molar refractivity (Wildman–Crippen MR) is 68.9 cm³/mol. The monoisotopic (exact) mass is 293 g/mol. The van der Waals surface area contributed by atoms with E-state index in [9.17, 15) is 4.79 Å². The maximum atomic E-state index is 11.7. The summed E-state index contributed by atoms with van der Waals surface area (Å²) in [6.07, 6.45) is 2.96. The molecule has 1 fully saturated rings. The Morgan fingerprint density at radius 3 is 3.00 bits per heavy atom. The number of rotatable bonds is 5. The fourth-order valence-corrected chi connectivity index (χ4v) is 2.01. The van der Waals surface area contributed by atoms with Gasteiger partial charge in [0.2, 0.25) is 0 Å². The van der Waals surface area contributed by atoms with Crippen molar-refractivity contribution in [2.45, 2.75) is 32.0 Å². The summed E-state index contributed by atoms with van der Waals surface area (Å²) in [4.78, 5) is 17.5. The average Bonchev–Trinajstić information content (AvgIpc) is 3.04. The maximum absolute atomic E-state index is 11.7. The number of nitrogens with zero attached hydrogens (tertiary/aromatic N) is 3. The van der Waals surface area contributed by atoms with Gasteiger partial charge in [0.25, 0.3) is 5.89 Å². The zero-order valence-corrected chi connectivity index (χ0v) is 11.5. The molecule has 0 saturated heterocycles.